The number of nitrogens with one attached hydrogen (secondary N) is 3. The summed E-state index contributed by atoms with van der Waals surface area (Å²) in [5.74, 6) is -0.132. The van der Waals surface area contributed by atoms with Gasteiger partial charge >= 0.3 is 0 Å². The van der Waals surface area contributed by atoms with Gasteiger partial charge in [-0.1, -0.05) is 12.1 Å². The zero-order valence-corrected chi connectivity index (χ0v) is 13.0. The molecule has 0 aliphatic carbocycles. The second kappa shape index (κ2) is 5.02. The number of H-pyrrole nitrogens is 2. The molecular formula is C19H17N3O. The Morgan fingerprint density at radius 2 is 1.87 bits per heavy atom. The van der Waals surface area contributed by atoms with E-state index in [9.17, 15) is 4.79 Å². The van der Waals surface area contributed by atoms with Crippen molar-refractivity contribution < 1.29 is 4.79 Å². The molecule has 114 valence electrons. The number of hydrogen-bond donors (Lipinski definition) is 3. The van der Waals surface area contributed by atoms with Crippen molar-refractivity contribution in [2.45, 2.75) is 13.8 Å². The molecule has 4 heteroatoms. The fraction of sp³-hybridized carbons (Fsp3) is 0.105. The van der Waals surface area contributed by atoms with E-state index in [0.29, 0.717) is 5.69 Å². The number of carbonyl (C=O) groups excluding carboxylic acids is 1. The van der Waals surface area contributed by atoms with Crippen LogP contribution in [0.3, 0.4) is 0 Å². The van der Waals surface area contributed by atoms with Crippen molar-refractivity contribution in [3.63, 3.8) is 0 Å². The molecule has 0 aliphatic rings. The average Bonchev–Trinajstić information content (AvgIpc) is 3.13. The first-order valence-corrected chi connectivity index (χ1v) is 7.59. The Hall–Kier alpha value is -3.01. The first kappa shape index (κ1) is 13.6. The lowest BCUT2D eigenvalue weighted by molar-refractivity contribution is 0.102. The van der Waals surface area contributed by atoms with E-state index < -0.39 is 0 Å². The van der Waals surface area contributed by atoms with Gasteiger partial charge in [0.2, 0.25) is 0 Å². The second-order valence-electron chi connectivity index (χ2n) is 5.92. The van der Waals surface area contributed by atoms with Crippen LogP contribution in [0.2, 0.25) is 0 Å². The molecule has 2 aromatic carbocycles. The van der Waals surface area contributed by atoms with Crippen LogP contribution in [0.5, 0.6) is 0 Å². The summed E-state index contributed by atoms with van der Waals surface area (Å²) in [5, 5.41) is 5.08. The molecule has 1 amide bonds. The Labute approximate surface area is 133 Å². The maximum atomic E-state index is 12.6. The van der Waals surface area contributed by atoms with Gasteiger partial charge in [-0.05, 0) is 55.3 Å². The molecule has 0 bridgehead atoms. The smallest absolute Gasteiger partial charge is 0.272 e. The van der Waals surface area contributed by atoms with Gasteiger partial charge in [-0.25, -0.2) is 0 Å². The number of fused-ring (bicyclic) bond motifs is 2. The number of amides is 1. The standard InChI is InChI=1S/C19H17N3O/c1-11-8-12(2)14-10-18(21-17(14)9-11)19(23)22-16-5-3-4-15-13(16)6-7-20-15/h3-10,20-21H,1-2H3,(H,22,23). The van der Waals surface area contributed by atoms with Gasteiger partial charge in [-0.15, -0.1) is 0 Å². The van der Waals surface area contributed by atoms with E-state index in [1.807, 2.05) is 36.5 Å². The van der Waals surface area contributed by atoms with Crippen molar-refractivity contribution in [3.05, 3.63) is 65.5 Å². The molecule has 23 heavy (non-hydrogen) atoms. The van der Waals surface area contributed by atoms with Crippen LogP contribution in [-0.4, -0.2) is 15.9 Å². The van der Waals surface area contributed by atoms with E-state index in [-0.39, 0.29) is 5.91 Å². The lowest BCUT2D eigenvalue weighted by Gasteiger charge is -2.05. The lowest BCUT2D eigenvalue weighted by atomic mass is 10.1. The lowest BCUT2D eigenvalue weighted by Crippen LogP contribution is -2.12. The summed E-state index contributed by atoms with van der Waals surface area (Å²) in [6, 6.07) is 13.9. The predicted molar refractivity (Wildman–Crippen MR) is 94.0 cm³/mol. The molecule has 0 saturated heterocycles. The average molecular weight is 303 g/mol. The van der Waals surface area contributed by atoms with Crippen molar-refractivity contribution in [1.82, 2.24) is 9.97 Å². The minimum atomic E-state index is -0.132. The molecular weight excluding hydrogens is 286 g/mol. The van der Waals surface area contributed by atoms with E-state index in [1.165, 1.54) is 11.1 Å². The summed E-state index contributed by atoms with van der Waals surface area (Å²) in [7, 11) is 0. The van der Waals surface area contributed by atoms with Crippen LogP contribution in [0.15, 0.2) is 48.7 Å². The van der Waals surface area contributed by atoms with Crippen LogP contribution in [-0.2, 0) is 0 Å². The molecule has 0 spiro atoms. The molecule has 0 fully saturated rings. The molecule has 4 aromatic rings. The molecule has 0 unspecified atom stereocenters. The molecule has 3 N–H and O–H groups in total. The van der Waals surface area contributed by atoms with E-state index >= 15 is 0 Å². The summed E-state index contributed by atoms with van der Waals surface area (Å²) >= 11 is 0. The highest BCUT2D eigenvalue weighted by Gasteiger charge is 2.12. The van der Waals surface area contributed by atoms with Crippen molar-refractivity contribution >= 4 is 33.4 Å². The van der Waals surface area contributed by atoms with Gasteiger partial charge in [0.15, 0.2) is 0 Å². The van der Waals surface area contributed by atoms with E-state index in [0.717, 1.165) is 27.5 Å². The zero-order valence-electron chi connectivity index (χ0n) is 13.0. The summed E-state index contributed by atoms with van der Waals surface area (Å²) in [5.41, 5.74) is 5.73. The van der Waals surface area contributed by atoms with Gasteiger partial charge < -0.3 is 15.3 Å². The van der Waals surface area contributed by atoms with Crippen molar-refractivity contribution in [2.75, 3.05) is 5.32 Å². The van der Waals surface area contributed by atoms with Crippen LogP contribution in [0, 0.1) is 13.8 Å². The van der Waals surface area contributed by atoms with Gasteiger partial charge in [0.1, 0.15) is 5.69 Å². The molecule has 0 aliphatic heterocycles. The largest absolute Gasteiger partial charge is 0.361 e. The first-order chi connectivity index (χ1) is 11.1. The summed E-state index contributed by atoms with van der Waals surface area (Å²) in [6.45, 7) is 4.12. The Bertz CT molecular complexity index is 1040. The summed E-state index contributed by atoms with van der Waals surface area (Å²) in [6.07, 6.45) is 1.87. The van der Waals surface area contributed by atoms with Crippen molar-refractivity contribution in [1.29, 1.82) is 0 Å². The van der Waals surface area contributed by atoms with Crippen molar-refractivity contribution in [3.8, 4) is 0 Å². The number of hydrogen-bond acceptors (Lipinski definition) is 1. The van der Waals surface area contributed by atoms with Crippen LogP contribution in [0.25, 0.3) is 21.8 Å². The molecule has 4 nitrogen and oxygen atoms in total. The Kier molecular flexibility index (Phi) is 2.98. The molecule has 4 rings (SSSR count). The van der Waals surface area contributed by atoms with Gasteiger partial charge in [-0.2, -0.15) is 0 Å². The zero-order chi connectivity index (χ0) is 16.0. The van der Waals surface area contributed by atoms with Crippen LogP contribution >= 0.6 is 0 Å². The summed E-state index contributed by atoms with van der Waals surface area (Å²) in [4.78, 5) is 19.0. The fourth-order valence-corrected chi connectivity index (χ4v) is 3.11. The number of rotatable bonds is 2. The molecule has 0 saturated carbocycles. The third-order valence-corrected chi connectivity index (χ3v) is 4.18. The van der Waals surface area contributed by atoms with Crippen molar-refractivity contribution in [2.24, 2.45) is 0 Å². The highest BCUT2D eigenvalue weighted by molar-refractivity contribution is 6.10. The number of aromatic nitrogens is 2. The van der Waals surface area contributed by atoms with Crippen LogP contribution < -0.4 is 5.32 Å². The maximum Gasteiger partial charge on any atom is 0.272 e. The van der Waals surface area contributed by atoms with Gasteiger partial charge in [-0.3, -0.25) is 4.79 Å². The van der Waals surface area contributed by atoms with E-state index in [2.05, 4.69) is 41.3 Å². The van der Waals surface area contributed by atoms with E-state index in [1.54, 1.807) is 0 Å². The third kappa shape index (κ3) is 2.28. The predicted octanol–water partition coefficient (Wildman–Crippen LogP) is 4.52. The van der Waals surface area contributed by atoms with Crippen LogP contribution in [0.1, 0.15) is 21.6 Å². The highest BCUT2D eigenvalue weighted by atomic mass is 16.1. The number of anilines is 1. The Balaban J connectivity index is 1.72. The topological polar surface area (TPSA) is 60.7 Å². The Morgan fingerprint density at radius 3 is 2.74 bits per heavy atom. The fourth-order valence-electron chi connectivity index (χ4n) is 3.11. The minimum absolute atomic E-state index is 0.132. The molecule has 0 atom stereocenters. The molecule has 2 heterocycles. The second-order valence-corrected chi connectivity index (χ2v) is 5.92. The van der Waals surface area contributed by atoms with Gasteiger partial charge in [0, 0.05) is 28.0 Å². The number of aryl methyl sites for hydroxylation is 2. The third-order valence-electron chi connectivity index (χ3n) is 4.18. The molecule has 2 aromatic heterocycles. The Morgan fingerprint density at radius 1 is 1.00 bits per heavy atom. The summed E-state index contributed by atoms with van der Waals surface area (Å²) < 4.78 is 0. The number of aromatic amines is 2. The SMILES string of the molecule is Cc1cc(C)c2cc(C(=O)Nc3cccc4[nH]ccc34)[nH]c2c1. The minimum Gasteiger partial charge on any atom is -0.361 e. The molecule has 0 radical (unpaired) electrons. The van der Waals surface area contributed by atoms with Gasteiger partial charge in [0.05, 0.1) is 5.69 Å². The number of carbonyl (C=O) groups is 1. The van der Waals surface area contributed by atoms with Gasteiger partial charge in [0.25, 0.3) is 5.91 Å². The normalized spacial score (nSPS) is 11.2. The maximum absolute atomic E-state index is 12.6. The number of benzene rings is 2. The monoisotopic (exact) mass is 303 g/mol. The first-order valence-electron chi connectivity index (χ1n) is 7.59. The quantitative estimate of drug-likeness (QED) is 0.501. The highest BCUT2D eigenvalue weighted by Crippen LogP contribution is 2.25. The van der Waals surface area contributed by atoms with Crippen LogP contribution in [0.4, 0.5) is 5.69 Å². The van der Waals surface area contributed by atoms with E-state index in [4.69, 9.17) is 0 Å².